The molecule has 4 aromatic rings. The fourth-order valence-electron chi connectivity index (χ4n) is 3.11. The molecular formula is C23H23N5O3S. The lowest BCUT2D eigenvalue weighted by atomic mass is 10.2. The predicted molar refractivity (Wildman–Crippen MR) is 123 cm³/mol. The summed E-state index contributed by atoms with van der Waals surface area (Å²) in [6.45, 7) is 5.37. The number of anilines is 1. The number of hydrogen-bond donors (Lipinski definition) is 2. The van der Waals surface area contributed by atoms with E-state index in [1.165, 1.54) is 23.9 Å². The zero-order chi connectivity index (χ0) is 22.9. The summed E-state index contributed by atoms with van der Waals surface area (Å²) in [5.74, 6) is -0.481. The summed E-state index contributed by atoms with van der Waals surface area (Å²) in [5, 5.41) is 11.7. The minimum absolute atomic E-state index is 0.108. The van der Waals surface area contributed by atoms with E-state index in [0.717, 1.165) is 16.8 Å². The van der Waals surface area contributed by atoms with Crippen LogP contribution in [0.2, 0.25) is 0 Å². The van der Waals surface area contributed by atoms with Gasteiger partial charge in [0, 0.05) is 5.69 Å². The van der Waals surface area contributed by atoms with Crippen LogP contribution in [0.15, 0.2) is 71.6 Å². The Morgan fingerprint density at radius 2 is 1.47 bits per heavy atom. The van der Waals surface area contributed by atoms with Crippen LogP contribution in [0.3, 0.4) is 0 Å². The number of carbonyl (C=O) groups is 1. The second-order valence-electron chi connectivity index (χ2n) is 7.67. The molecule has 4 rings (SSSR count). The van der Waals surface area contributed by atoms with Gasteiger partial charge in [0.2, 0.25) is 15.9 Å². The van der Waals surface area contributed by atoms with Crippen molar-refractivity contribution in [2.75, 3.05) is 5.32 Å². The van der Waals surface area contributed by atoms with Crippen LogP contribution < -0.4 is 10.0 Å². The molecule has 0 radical (unpaired) electrons. The number of aryl methyl sites for hydroxylation is 2. The first kappa shape index (κ1) is 21.7. The molecule has 0 saturated carbocycles. The molecule has 1 heterocycles. The molecule has 164 valence electrons. The first-order chi connectivity index (χ1) is 15.2. The van der Waals surface area contributed by atoms with Gasteiger partial charge < -0.3 is 5.32 Å². The highest BCUT2D eigenvalue weighted by Crippen LogP contribution is 2.18. The summed E-state index contributed by atoms with van der Waals surface area (Å²) < 4.78 is 27.5. The van der Waals surface area contributed by atoms with Crippen LogP contribution in [-0.4, -0.2) is 35.4 Å². The van der Waals surface area contributed by atoms with Crippen molar-refractivity contribution in [3.05, 3.63) is 77.9 Å². The first-order valence-electron chi connectivity index (χ1n) is 10.1. The van der Waals surface area contributed by atoms with Crippen LogP contribution in [0.5, 0.6) is 0 Å². The minimum atomic E-state index is -3.82. The Morgan fingerprint density at radius 1 is 0.875 bits per heavy atom. The molecule has 1 amide bonds. The lowest BCUT2D eigenvalue weighted by molar-refractivity contribution is -0.117. The van der Waals surface area contributed by atoms with Crippen LogP contribution in [0.1, 0.15) is 18.1 Å². The Bertz CT molecular complexity index is 1380. The zero-order valence-electron chi connectivity index (χ0n) is 17.9. The molecule has 1 aromatic heterocycles. The topological polar surface area (TPSA) is 106 Å². The van der Waals surface area contributed by atoms with E-state index >= 15 is 0 Å². The van der Waals surface area contributed by atoms with Crippen molar-refractivity contribution in [2.24, 2.45) is 0 Å². The molecule has 0 bridgehead atoms. The molecule has 9 heteroatoms. The molecule has 0 spiro atoms. The summed E-state index contributed by atoms with van der Waals surface area (Å²) in [4.78, 5) is 14.2. The molecule has 0 saturated heterocycles. The van der Waals surface area contributed by atoms with Crippen LogP contribution in [0.4, 0.5) is 5.69 Å². The molecular weight excluding hydrogens is 426 g/mol. The first-order valence-corrected chi connectivity index (χ1v) is 11.5. The lowest BCUT2D eigenvalue weighted by Crippen LogP contribution is -2.41. The van der Waals surface area contributed by atoms with Crippen molar-refractivity contribution in [2.45, 2.75) is 31.7 Å². The third kappa shape index (κ3) is 4.68. The number of sulfonamides is 1. The average Bonchev–Trinajstić information content (AvgIpc) is 3.17. The molecule has 0 aliphatic rings. The SMILES string of the molecule is Cc1ccc(-n2nc3ccc(NC(=O)[C@H](C)NS(=O)(=O)c4ccc(C)cc4)cc3n2)cc1. The van der Waals surface area contributed by atoms with E-state index in [-0.39, 0.29) is 4.90 Å². The summed E-state index contributed by atoms with van der Waals surface area (Å²) >= 11 is 0. The van der Waals surface area contributed by atoms with Gasteiger partial charge in [0.1, 0.15) is 11.0 Å². The number of nitrogens with one attached hydrogen (secondary N) is 2. The Kier molecular flexibility index (Phi) is 5.77. The van der Waals surface area contributed by atoms with Crippen LogP contribution in [0, 0.1) is 13.8 Å². The van der Waals surface area contributed by atoms with Gasteiger partial charge in [-0.15, -0.1) is 10.2 Å². The van der Waals surface area contributed by atoms with Crippen molar-refractivity contribution in [3.8, 4) is 5.69 Å². The van der Waals surface area contributed by atoms with E-state index in [2.05, 4.69) is 20.2 Å². The monoisotopic (exact) mass is 449 g/mol. The maximum absolute atomic E-state index is 12.6. The maximum Gasteiger partial charge on any atom is 0.242 e. The standard InChI is InChI=1S/C23H23N5O3S/c1-15-4-9-19(10-5-15)28-25-21-13-8-18(14-22(21)26-28)24-23(29)17(3)27-32(30,31)20-11-6-16(2)7-12-20/h4-14,17,27H,1-3H3,(H,24,29)/t17-/m0/s1. The van der Waals surface area contributed by atoms with Gasteiger partial charge in [0.15, 0.2) is 0 Å². The highest BCUT2D eigenvalue weighted by Gasteiger charge is 2.22. The van der Waals surface area contributed by atoms with E-state index in [1.54, 1.807) is 30.3 Å². The quantitative estimate of drug-likeness (QED) is 0.470. The van der Waals surface area contributed by atoms with E-state index in [4.69, 9.17) is 0 Å². The summed E-state index contributed by atoms with van der Waals surface area (Å²) in [6, 6.07) is 18.4. The molecule has 2 N–H and O–H groups in total. The summed E-state index contributed by atoms with van der Waals surface area (Å²) in [7, 11) is -3.82. The Labute approximate surface area is 186 Å². The van der Waals surface area contributed by atoms with Gasteiger partial charge in [-0.05, 0) is 63.2 Å². The lowest BCUT2D eigenvalue weighted by Gasteiger charge is -2.14. The number of carbonyl (C=O) groups excluding carboxylic acids is 1. The van der Waals surface area contributed by atoms with E-state index in [0.29, 0.717) is 16.7 Å². The van der Waals surface area contributed by atoms with Gasteiger partial charge >= 0.3 is 0 Å². The van der Waals surface area contributed by atoms with Crippen molar-refractivity contribution in [1.82, 2.24) is 19.7 Å². The summed E-state index contributed by atoms with van der Waals surface area (Å²) in [6.07, 6.45) is 0. The fourth-order valence-corrected chi connectivity index (χ4v) is 4.31. The third-order valence-electron chi connectivity index (χ3n) is 4.97. The summed E-state index contributed by atoms with van der Waals surface area (Å²) in [5.41, 5.74) is 4.70. The second kappa shape index (κ2) is 8.52. The number of hydrogen-bond acceptors (Lipinski definition) is 5. The smallest absolute Gasteiger partial charge is 0.242 e. The molecule has 8 nitrogen and oxygen atoms in total. The fraction of sp³-hybridized carbons (Fsp3) is 0.174. The van der Waals surface area contributed by atoms with E-state index in [9.17, 15) is 13.2 Å². The Balaban J connectivity index is 1.48. The van der Waals surface area contributed by atoms with E-state index in [1.807, 2.05) is 38.1 Å². The van der Waals surface area contributed by atoms with Gasteiger partial charge in [-0.2, -0.15) is 9.52 Å². The minimum Gasteiger partial charge on any atom is -0.325 e. The highest BCUT2D eigenvalue weighted by molar-refractivity contribution is 7.89. The van der Waals surface area contributed by atoms with Crippen molar-refractivity contribution in [3.63, 3.8) is 0 Å². The van der Waals surface area contributed by atoms with Crippen LogP contribution in [-0.2, 0) is 14.8 Å². The van der Waals surface area contributed by atoms with Crippen LogP contribution in [0.25, 0.3) is 16.7 Å². The van der Waals surface area contributed by atoms with Gasteiger partial charge in [-0.3, -0.25) is 4.79 Å². The van der Waals surface area contributed by atoms with E-state index < -0.39 is 22.0 Å². The Morgan fingerprint density at radius 3 is 2.12 bits per heavy atom. The molecule has 0 fully saturated rings. The highest BCUT2D eigenvalue weighted by atomic mass is 32.2. The number of nitrogens with zero attached hydrogens (tertiary/aromatic N) is 3. The van der Waals surface area contributed by atoms with Crippen molar-refractivity contribution < 1.29 is 13.2 Å². The molecule has 0 aliphatic carbocycles. The molecule has 32 heavy (non-hydrogen) atoms. The molecule has 0 unspecified atom stereocenters. The predicted octanol–water partition coefficient (Wildman–Crippen LogP) is 3.34. The Hall–Kier alpha value is -3.56. The van der Waals surface area contributed by atoms with Gasteiger partial charge in [0.25, 0.3) is 0 Å². The number of aromatic nitrogens is 3. The average molecular weight is 450 g/mol. The van der Waals surface area contributed by atoms with Gasteiger partial charge in [0.05, 0.1) is 16.6 Å². The van der Waals surface area contributed by atoms with Crippen molar-refractivity contribution >= 4 is 32.7 Å². The number of amides is 1. The van der Waals surface area contributed by atoms with Crippen LogP contribution >= 0.6 is 0 Å². The largest absolute Gasteiger partial charge is 0.325 e. The zero-order valence-corrected chi connectivity index (χ0v) is 18.7. The number of rotatable bonds is 6. The molecule has 0 aliphatic heterocycles. The normalized spacial score (nSPS) is 12.6. The van der Waals surface area contributed by atoms with Gasteiger partial charge in [-0.25, -0.2) is 8.42 Å². The third-order valence-corrected chi connectivity index (χ3v) is 6.53. The number of benzene rings is 3. The van der Waals surface area contributed by atoms with Gasteiger partial charge in [-0.1, -0.05) is 35.4 Å². The second-order valence-corrected chi connectivity index (χ2v) is 9.39. The van der Waals surface area contributed by atoms with Crippen molar-refractivity contribution in [1.29, 1.82) is 0 Å². The maximum atomic E-state index is 12.6. The number of fused-ring (bicyclic) bond motifs is 1. The molecule has 1 atom stereocenters. The molecule has 3 aromatic carbocycles.